The van der Waals surface area contributed by atoms with E-state index in [-0.39, 0.29) is 5.91 Å². The Kier molecular flexibility index (Phi) is 5.62. The number of likely N-dealkylation sites (tertiary alicyclic amines) is 1. The molecule has 23 heavy (non-hydrogen) atoms. The topological polar surface area (TPSA) is 76.1 Å². The predicted molar refractivity (Wildman–Crippen MR) is 85.6 cm³/mol. The van der Waals surface area contributed by atoms with Crippen LogP contribution < -0.4 is 9.47 Å². The Labute approximate surface area is 135 Å². The molecule has 6 heteroatoms. The Morgan fingerprint density at radius 1 is 1.26 bits per heavy atom. The Bertz CT molecular complexity index is 611. The smallest absolute Gasteiger partial charge is 0.326 e. The van der Waals surface area contributed by atoms with Crippen LogP contribution >= 0.6 is 0 Å². The molecular weight excluding hydrogens is 298 g/mol. The molecule has 2 rings (SSSR count). The number of amides is 1. The van der Waals surface area contributed by atoms with Crippen LogP contribution in [0.1, 0.15) is 24.8 Å². The lowest BCUT2D eigenvalue weighted by molar-refractivity contribution is -0.150. The number of hydrogen-bond acceptors (Lipinski definition) is 4. The molecule has 1 N–H and O–H groups in total. The predicted octanol–water partition coefficient (Wildman–Crippen LogP) is 2.18. The number of ether oxygens (including phenoxy) is 2. The molecule has 0 aliphatic carbocycles. The van der Waals surface area contributed by atoms with Gasteiger partial charge in [0.15, 0.2) is 0 Å². The molecule has 0 aromatic heterocycles. The van der Waals surface area contributed by atoms with Crippen LogP contribution in [0.4, 0.5) is 0 Å². The van der Waals surface area contributed by atoms with Gasteiger partial charge in [-0.15, -0.1) is 0 Å². The second-order valence-electron chi connectivity index (χ2n) is 5.32. The maximum Gasteiger partial charge on any atom is 0.326 e. The van der Waals surface area contributed by atoms with E-state index in [4.69, 9.17) is 9.47 Å². The summed E-state index contributed by atoms with van der Waals surface area (Å²) in [4.78, 5) is 25.0. The minimum atomic E-state index is -0.953. The molecule has 1 amide bonds. The fourth-order valence-electron chi connectivity index (χ4n) is 2.68. The lowest BCUT2D eigenvalue weighted by Gasteiger charge is -2.32. The molecule has 1 heterocycles. The molecule has 0 spiro atoms. The van der Waals surface area contributed by atoms with Crippen LogP contribution in [0.2, 0.25) is 0 Å². The SMILES string of the molecule is COc1ccc(OC)c(/C=C\C(=O)N2CCCC[C@H]2C(=O)O)c1. The molecule has 1 saturated heterocycles. The first kappa shape index (κ1) is 16.9. The molecular formula is C17H21NO5. The number of methoxy groups -OCH3 is 2. The van der Waals surface area contributed by atoms with Crippen molar-refractivity contribution < 1.29 is 24.2 Å². The summed E-state index contributed by atoms with van der Waals surface area (Å²) in [6, 6.07) is 4.54. The first-order valence-corrected chi connectivity index (χ1v) is 7.50. The maximum absolute atomic E-state index is 12.3. The van der Waals surface area contributed by atoms with E-state index < -0.39 is 12.0 Å². The zero-order valence-electron chi connectivity index (χ0n) is 13.3. The maximum atomic E-state index is 12.3. The number of rotatable bonds is 5. The number of carbonyl (C=O) groups is 2. The summed E-state index contributed by atoms with van der Waals surface area (Å²) < 4.78 is 10.4. The van der Waals surface area contributed by atoms with Gasteiger partial charge < -0.3 is 19.5 Å². The van der Waals surface area contributed by atoms with E-state index in [1.807, 2.05) is 0 Å². The first-order chi connectivity index (χ1) is 11.1. The van der Waals surface area contributed by atoms with Crippen molar-refractivity contribution in [3.8, 4) is 11.5 Å². The van der Waals surface area contributed by atoms with Gasteiger partial charge in [0.2, 0.25) is 5.91 Å². The largest absolute Gasteiger partial charge is 0.497 e. The third-order valence-electron chi connectivity index (χ3n) is 3.91. The number of carboxylic acid groups (broad SMARTS) is 1. The number of piperidine rings is 1. The van der Waals surface area contributed by atoms with Crippen molar-refractivity contribution >= 4 is 18.0 Å². The summed E-state index contributed by atoms with van der Waals surface area (Å²) in [5, 5.41) is 9.24. The molecule has 1 aromatic carbocycles. The van der Waals surface area contributed by atoms with Crippen LogP contribution in [0.15, 0.2) is 24.3 Å². The second-order valence-corrected chi connectivity index (χ2v) is 5.32. The van der Waals surface area contributed by atoms with Gasteiger partial charge in [-0.05, 0) is 43.5 Å². The molecule has 1 atom stereocenters. The standard InChI is InChI=1S/C17H21NO5/c1-22-13-7-8-15(23-2)12(11-13)6-9-16(19)18-10-4-3-5-14(18)17(20)21/h6-9,11,14H,3-5,10H2,1-2H3,(H,20,21)/b9-6-/t14-/m0/s1. The molecule has 1 aromatic rings. The van der Waals surface area contributed by atoms with Gasteiger partial charge in [-0.3, -0.25) is 4.79 Å². The fraction of sp³-hybridized carbons (Fsp3) is 0.412. The quantitative estimate of drug-likeness (QED) is 0.842. The molecule has 0 bridgehead atoms. The van der Waals surface area contributed by atoms with Crippen molar-refractivity contribution in [2.24, 2.45) is 0 Å². The van der Waals surface area contributed by atoms with Gasteiger partial charge in [0.1, 0.15) is 17.5 Å². The van der Waals surface area contributed by atoms with Crippen LogP contribution in [0.25, 0.3) is 6.08 Å². The Morgan fingerprint density at radius 2 is 2.04 bits per heavy atom. The minimum absolute atomic E-state index is 0.304. The summed E-state index contributed by atoms with van der Waals surface area (Å²) >= 11 is 0. The molecule has 0 radical (unpaired) electrons. The third kappa shape index (κ3) is 4.03. The molecule has 1 aliphatic heterocycles. The number of nitrogens with zero attached hydrogens (tertiary/aromatic N) is 1. The minimum Gasteiger partial charge on any atom is -0.497 e. The van der Waals surface area contributed by atoms with E-state index in [0.717, 1.165) is 12.8 Å². The number of hydrogen-bond donors (Lipinski definition) is 1. The first-order valence-electron chi connectivity index (χ1n) is 7.50. The summed E-state index contributed by atoms with van der Waals surface area (Å²) in [7, 11) is 3.11. The molecule has 1 fully saturated rings. The van der Waals surface area contributed by atoms with E-state index in [9.17, 15) is 14.7 Å². The highest BCUT2D eigenvalue weighted by Gasteiger charge is 2.30. The van der Waals surface area contributed by atoms with Crippen LogP contribution in [-0.2, 0) is 9.59 Å². The normalized spacial score (nSPS) is 18.0. The van der Waals surface area contributed by atoms with E-state index in [0.29, 0.717) is 30.0 Å². The molecule has 6 nitrogen and oxygen atoms in total. The van der Waals surface area contributed by atoms with Crippen LogP contribution in [0.5, 0.6) is 11.5 Å². The zero-order chi connectivity index (χ0) is 16.8. The van der Waals surface area contributed by atoms with Gasteiger partial charge in [0.05, 0.1) is 14.2 Å². The fourth-order valence-corrected chi connectivity index (χ4v) is 2.68. The number of carboxylic acids is 1. The highest BCUT2D eigenvalue weighted by molar-refractivity contribution is 5.94. The van der Waals surface area contributed by atoms with Crippen LogP contribution in [0, 0.1) is 0 Å². The molecule has 0 unspecified atom stereocenters. The van der Waals surface area contributed by atoms with Crippen LogP contribution in [0.3, 0.4) is 0 Å². The molecule has 124 valence electrons. The Hall–Kier alpha value is -2.50. The van der Waals surface area contributed by atoms with Crippen molar-refractivity contribution in [1.82, 2.24) is 4.90 Å². The lowest BCUT2D eigenvalue weighted by Crippen LogP contribution is -2.47. The van der Waals surface area contributed by atoms with E-state index in [1.165, 1.54) is 11.0 Å². The second kappa shape index (κ2) is 7.67. The summed E-state index contributed by atoms with van der Waals surface area (Å²) in [6.07, 6.45) is 5.16. The zero-order valence-corrected chi connectivity index (χ0v) is 13.3. The lowest BCUT2D eigenvalue weighted by atomic mass is 10.0. The van der Waals surface area contributed by atoms with Gasteiger partial charge in [0, 0.05) is 18.2 Å². The van der Waals surface area contributed by atoms with Gasteiger partial charge in [0.25, 0.3) is 0 Å². The Morgan fingerprint density at radius 3 is 2.70 bits per heavy atom. The van der Waals surface area contributed by atoms with Crippen molar-refractivity contribution in [3.63, 3.8) is 0 Å². The number of carbonyl (C=O) groups excluding carboxylic acids is 1. The summed E-state index contributed by atoms with van der Waals surface area (Å²) in [5.41, 5.74) is 0.698. The molecule has 0 saturated carbocycles. The third-order valence-corrected chi connectivity index (χ3v) is 3.91. The van der Waals surface area contributed by atoms with Crippen molar-refractivity contribution in [3.05, 3.63) is 29.8 Å². The monoisotopic (exact) mass is 319 g/mol. The van der Waals surface area contributed by atoms with Crippen molar-refractivity contribution in [2.75, 3.05) is 20.8 Å². The van der Waals surface area contributed by atoms with E-state index in [1.54, 1.807) is 38.5 Å². The van der Waals surface area contributed by atoms with Gasteiger partial charge >= 0.3 is 5.97 Å². The van der Waals surface area contributed by atoms with E-state index in [2.05, 4.69) is 0 Å². The average molecular weight is 319 g/mol. The summed E-state index contributed by atoms with van der Waals surface area (Å²) in [5.74, 6) is 0.00921. The Balaban J connectivity index is 2.18. The average Bonchev–Trinajstić information content (AvgIpc) is 2.59. The summed E-state index contributed by atoms with van der Waals surface area (Å²) in [6.45, 7) is 0.468. The highest BCUT2D eigenvalue weighted by atomic mass is 16.5. The van der Waals surface area contributed by atoms with Crippen molar-refractivity contribution in [2.45, 2.75) is 25.3 Å². The van der Waals surface area contributed by atoms with Crippen LogP contribution in [-0.4, -0.2) is 48.7 Å². The van der Waals surface area contributed by atoms with E-state index >= 15 is 0 Å². The number of benzene rings is 1. The van der Waals surface area contributed by atoms with Gasteiger partial charge in [-0.2, -0.15) is 0 Å². The highest BCUT2D eigenvalue weighted by Crippen LogP contribution is 2.25. The van der Waals surface area contributed by atoms with Crippen molar-refractivity contribution in [1.29, 1.82) is 0 Å². The van der Waals surface area contributed by atoms with Gasteiger partial charge in [-0.25, -0.2) is 4.79 Å². The number of aliphatic carboxylic acids is 1. The molecule has 1 aliphatic rings. The van der Waals surface area contributed by atoms with Gasteiger partial charge in [-0.1, -0.05) is 0 Å².